The normalized spacial score (nSPS) is 15.2. The first-order chi connectivity index (χ1) is 13.7. The summed E-state index contributed by atoms with van der Waals surface area (Å²) in [6, 6.07) is 9.75. The van der Waals surface area contributed by atoms with Gasteiger partial charge in [0.1, 0.15) is 5.75 Å². The number of rotatable bonds is 5. The lowest BCUT2D eigenvalue weighted by Crippen LogP contribution is -2.46. The number of ether oxygens (including phenoxy) is 1. The van der Waals surface area contributed by atoms with E-state index >= 15 is 0 Å². The molecule has 3 rings (SSSR count). The molecule has 1 fully saturated rings. The maximum atomic E-state index is 12.5. The van der Waals surface area contributed by atoms with Gasteiger partial charge in [-0.25, -0.2) is 0 Å². The Morgan fingerprint density at radius 1 is 1.10 bits per heavy atom. The number of hydrazine groups is 1. The molecule has 0 aromatic heterocycles. The van der Waals surface area contributed by atoms with Crippen molar-refractivity contribution in [3.05, 3.63) is 67.0 Å². The molecule has 1 aliphatic heterocycles. The maximum Gasteiger partial charge on any atom is 0.285 e. The molecule has 2 aromatic rings. The van der Waals surface area contributed by atoms with Gasteiger partial charge in [-0.3, -0.25) is 15.0 Å². The third-order valence-corrected chi connectivity index (χ3v) is 6.10. The van der Waals surface area contributed by atoms with Crippen LogP contribution in [0.4, 0.5) is 0 Å². The number of thiocarbonyl (C=S) groups is 1. The van der Waals surface area contributed by atoms with E-state index in [1.54, 1.807) is 30.3 Å². The number of carbonyl (C=O) groups excluding carboxylic acids is 2. The molecule has 1 aliphatic rings. The molecule has 0 aliphatic carbocycles. The predicted molar refractivity (Wildman–Crippen MR) is 122 cm³/mol. The second kappa shape index (κ2) is 9.55. The number of benzene rings is 2. The SMILES string of the molecule is O=C(COc1cc(Cl)c(Cl)cc1Cl)NN1C(=O)/C(=C/c2ccc(Cl)cc2)SC1=S. The molecule has 0 atom stereocenters. The molecule has 5 nitrogen and oxygen atoms in total. The van der Waals surface area contributed by atoms with Gasteiger partial charge in [-0.2, -0.15) is 5.01 Å². The first kappa shape index (κ1) is 22.2. The molecule has 0 radical (unpaired) electrons. The van der Waals surface area contributed by atoms with E-state index in [9.17, 15) is 9.59 Å². The molecular formula is C18H10Cl4N2O3S2. The monoisotopic (exact) mass is 506 g/mol. The van der Waals surface area contributed by atoms with Crippen LogP contribution in [-0.4, -0.2) is 27.8 Å². The van der Waals surface area contributed by atoms with E-state index in [0.717, 1.165) is 22.3 Å². The molecule has 1 N–H and O–H groups in total. The fourth-order valence-corrected chi connectivity index (χ4v) is 4.09. The Morgan fingerprint density at radius 3 is 2.45 bits per heavy atom. The highest BCUT2D eigenvalue weighted by atomic mass is 35.5. The van der Waals surface area contributed by atoms with Crippen LogP contribution >= 0.6 is 70.4 Å². The van der Waals surface area contributed by atoms with Gasteiger partial charge in [-0.05, 0) is 42.1 Å². The molecule has 0 bridgehead atoms. The fourth-order valence-electron chi connectivity index (χ4n) is 2.19. The number of amides is 2. The summed E-state index contributed by atoms with van der Waals surface area (Å²) in [5.41, 5.74) is 3.19. The highest BCUT2D eigenvalue weighted by Gasteiger charge is 2.33. The number of nitrogens with one attached hydrogen (secondary N) is 1. The van der Waals surface area contributed by atoms with Crippen LogP contribution in [0, 0.1) is 0 Å². The van der Waals surface area contributed by atoms with Crippen LogP contribution < -0.4 is 10.2 Å². The lowest BCUT2D eigenvalue weighted by Gasteiger charge is -2.16. The Kier molecular flexibility index (Phi) is 7.32. The predicted octanol–water partition coefficient (Wildman–Crippen LogP) is 5.61. The van der Waals surface area contributed by atoms with Gasteiger partial charge in [0.05, 0.1) is 20.0 Å². The van der Waals surface area contributed by atoms with E-state index in [0.29, 0.717) is 9.93 Å². The molecule has 0 spiro atoms. The van der Waals surface area contributed by atoms with Crippen molar-refractivity contribution in [3.8, 4) is 5.75 Å². The smallest absolute Gasteiger partial charge is 0.285 e. The van der Waals surface area contributed by atoms with Crippen LogP contribution in [0.3, 0.4) is 0 Å². The molecule has 11 heteroatoms. The van der Waals surface area contributed by atoms with Crippen molar-refractivity contribution in [2.75, 3.05) is 6.61 Å². The molecular weight excluding hydrogens is 498 g/mol. The lowest BCUT2D eigenvalue weighted by atomic mass is 10.2. The Hall–Kier alpha value is -1.48. The summed E-state index contributed by atoms with van der Waals surface area (Å²) in [4.78, 5) is 25.1. The van der Waals surface area contributed by atoms with E-state index in [2.05, 4.69) is 5.43 Å². The summed E-state index contributed by atoms with van der Waals surface area (Å²) in [6.45, 7) is -0.412. The highest BCUT2D eigenvalue weighted by molar-refractivity contribution is 8.26. The summed E-state index contributed by atoms with van der Waals surface area (Å²) in [5.74, 6) is -0.865. The third-order valence-electron chi connectivity index (χ3n) is 3.53. The molecule has 0 saturated carbocycles. The molecule has 150 valence electrons. The Balaban J connectivity index is 1.63. The molecule has 1 saturated heterocycles. The van der Waals surface area contributed by atoms with Crippen molar-refractivity contribution in [3.63, 3.8) is 0 Å². The summed E-state index contributed by atoms with van der Waals surface area (Å²) in [5, 5.41) is 2.27. The number of nitrogens with zero attached hydrogens (tertiary/aromatic N) is 1. The molecule has 1 heterocycles. The van der Waals surface area contributed by atoms with Crippen molar-refractivity contribution in [2.24, 2.45) is 0 Å². The summed E-state index contributed by atoms with van der Waals surface area (Å²) in [7, 11) is 0. The first-order valence-electron chi connectivity index (χ1n) is 7.85. The van der Waals surface area contributed by atoms with Gasteiger partial charge >= 0.3 is 0 Å². The van der Waals surface area contributed by atoms with E-state index in [4.69, 9.17) is 63.4 Å². The van der Waals surface area contributed by atoms with Crippen molar-refractivity contribution >= 4 is 92.6 Å². The minimum Gasteiger partial charge on any atom is -0.482 e. The number of halogens is 4. The number of hydrogen-bond donors (Lipinski definition) is 1. The first-order valence-corrected chi connectivity index (χ1v) is 10.6. The molecule has 2 aromatic carbocycles. The van der Waals surface area contributed by atoms with Crippen LogP contribution in [-0.2, 0) is 9.59 Å². The zero-order chi connectivity index (χ0) is 21.1. The standard InChI is InChI=1S/C18H10Cl4N2O3S2/c19-10-3-1-9(2-4-10)5-15-17(26)24(18(28)29-15)23-16(25)8-27-14-7-12(21)11(20)6-13(14)22/h1-7H,8H2,(H,23,25)/b15-5-. The minimum absolute atomic E-state index is 0.184. The summed E-state index contributed by atoms with van der Waals surface area (Å²) >= 11 is 29.9. The van der Waals surface area contributed by atoms with Gasteiger partial charge in [0.15, 0.2) is 10.9 Å². The largest absolute Gasteiger partial charge is 0.482 e. The number of thioether (sulfide) groups is 1. The van der Waals surface area contributed by atoms with Crippen LogP contribution in [0.5, 0.6) is 5.75 Å². The van der Waals surface area contributed by atoms with E-state index in [1.807, 2.05) is 0 Å². The van der Waals surface area contributed by atoms with Crippen molar-refractivity contribution in [2.45, 2.75) is 0 Å². The van der Waals surface area contributed by atoms with Gasteiger partial charge in [0.25, 0.3) is 11.8 Å². The quantitative estimate of drug-likeness (QED) is 0.323. The second-order valence-electron chi connectivity index (χ2n) is 5.59. The van der Waals surface area contributed by atoms with Crippen molar-refractivity contribution in [1.82, 2.24) is 10.4 Å². The average Bonchev–Trinajstić information content (AvgIpc) is 2.93. The molecule has 0 unspecified atom stereocenters. The van der Waals surface area contributed by atoms with Gasteiger partial charge in [0.2, 0.25) is 0 Å². The molecule has 2 amide bonds. The van der Waals surface area contributed by atoms with Crippen LogP contribution in [0.25, 0.3) is 6.08 Å². The van der Waals surface area contributed by atoms with Gasteiger partial charge in [-0.15, -0.1) is 0 Å². The van der Waals surface area contributed by atoms with Crippen LogP contribution in [0.15, 0.2) is 41.3 Å². The van der Waals surface area contributed by atoms with E-state index in [-0.39, 0.29) is 25.1 Å². The van der Waals surface area contributed by atoms with Gasteiger partial charge < -0.3 is 4.74 Å². The highest BCUT2D eigenvalue weighted by Crippen LogP contribution is 2.34. The van der Waals surface area contributed by atoms with Crippen LogP contribution in [0.2, 0.25) is 20.1 Å². The maximum absolute atomic E-state index is 12.5. The second-order valence-corrected chi connectivity index (χ2v) is 8.92. The third kappa shape index (κ3) is 5.57. The van der Waals surface area contributed by atoms with Crippen molar-refractivity contribution < 1.29 is 14.3 Å². The van der Waals surface area contributed by atoms with Gasteiger partial charge in [0, 0.05) is 11.1 Å². The zero-order valence-electron chi connectivity index (χ0n) is 14.2. The van der Waals surface area contributed by atoms with Crippen LogP contribution in [0.1, 0.15) is 5.56 Å². The number of carbonyl (C=O) groups is 2. The topological polar surface area (TPSA) is 58.6 Å². The Morgan fingerprint density at radius 2 is 1.76 bits per heavy atom. The Labute approximate surface area is 195 Å². The summed E-state index contributed by atoms with van der Waals surface area (Å²) < 4.78 is 5.54. The zero-order valence-corrected chi connectivity index (χ0v) is 18.9. The summed E-state index contributed by atoms with van der Waals surface area (Å²) in [6.07, 6.45) is 1.66. The lowest BCUT2D eigenvalue weighted by molar-refractivity contribution is -0.134. The van der Waals surface area contributed by atoms with E-state index < -0.39 is 18.4 Å². The van der Waals surface area contributed by atoms with E-state index in [1.165, 1.54) is 12.1 Å². The van der Waals surface area contributed by atoms with Crippen molar-refractivity contribution in [1.29, 1.82) is 0 Å². The minimum atomic E-state index is -0.601. The fraction of sp³-hybridized carbons (Fsp3) is 0.0556. The molecule has 29 heavy (non-hydrogen) atoms. The number of hydrogen-bond acceptors (Lipinski definition) is 5. The van der Waals surface area contributed by atoms with Gasteiger partial charge in [-0.1, -0.05) is 70.3 Å². The average molecular weight is 508 g/mol. The Bertz CT molecular complexity index is 1030.